The van der Waals surface area contributed by atoms with Crippen molar-refractivity contribution >= 4 is 34.4 Å². The van der Waals surface area contributed by atoms with Gasteiger partial charge in [-0.3, -0.25) is 0 Å². The Morgan fingerprint density at radius 1 is 1.47 bits per heavy atom. The van der Waals surface area contributed by atoms with Gasteiger partial charge in [0.2, 0.25) is 0 Å². The summed E-state index contributed by atoms with van der Waals surface area (Å²) in [6.45, 7) is 5.03. The van der Waals surface area contributed by atoms with Gasteiger partial charge in [0.15, 0.2) is 0 Å². The molecule has 0 radical (unpaired) electrons. The first kappa shape index (κ1) is 12.8. The molecule has 1 aromatic carbocycles. The highest BCUT2D eigenvalue weighted by molar-refractivity contribution is 7.98. The molecule has 0 saturated carbocycles. The molecule has 2 nitrogen and oxygen atoms in total. The summed E-state index contributed by atoms with van der Waals surface area (Å²) in [4.78, 5) is 4.65. The highest BCUT2D eigenvalue weighted by Gasteiger charge is 2.14. The fourth-order valence-electron chi connectivity index (χ4n) is 1.98. The number of aryl methyl sites for hydroxylation is 2. The van der Waals surface area contributed by atoms with Crippen LogP contribution in [0.25, 0.3) is 11.0 Å². The van der Waals surface area contributed by atoms with E-state index >= 15 is 0 Å². The number of aromatic nitrogens is 2. The number of nitrogens with zero attached hydrogens (tertiary/aromatic N) is 2. The highest BCUT2D eigenvalue weighted by Crippen LogP contribution is 2.25. The Bertz CT molecular complexity index is 519. The van der Waals surface area contributed by atoms with Crippen molar-refractivity contribution in [2.24, 2.45) is 0 Å². The number of thioether (sulfide) groups is 1. The molecule has 1 heterocycles. The largest absolute Gasteiger partial charge is 0.326 e. The van der Waals surface area contributed by atoms with E-state index in [2.05, 4.69) is 40.9 Å². The van der Waals surface area contributed by atoms with Crippen molar-refractivity contribution in [3.8, 4) is 0 Å². The summed E-state index contributed by atoms with van der Waals surface area (Å²) in [6, 6.07) is 6.39. The Morgan fingerprint density at radius 2 is 2.24 bits per heavy atom. The molecule has 1 aromatic heterocycles. The number of alkyl halides is 1. The summed E-state index contributed by atoms with van der Waals surface area (Å²) < 4.78 is 2.24. The van der Waals surface area contributed by atoms with Crippen molar-refractivity contribution in [1.29, 1.82) is 0 Å². The minimum absolute atomic E-state index is 0.0513. The zero-order valence-corrected chi connectivity index (χ0v) is 12.0. The molecule has 2 rings (SSSR count). The Labute approximate surface area is 111 Å². The van der Waals surface area contributed by atoms with Crippen molar-refractivity contribution in [2.75, 3.05) is 12.0 Å². The molecular weight excluding hydrogens is 252 g/mol. The topological polar surface area (TPSA) is 17.8 Å². The Hall–Kier alpha value is -0.670. The van der Waals surface area contributed by atoms with E-state index in [-0.39, 0.29) is 5.38 Å². The quantitative estimate of drug-likeness (QED) is 0.780. The third kappa shape index (κ3) is 2.61. The predicted octanol–water partition coefficient (Wildman–Crippen LogP) is 4.01. The Morgan fingerprint density at radius 3 is 2.88 bits per heavy atom. The molecule has 2 aromatic rings. The van der Waals surface area contributed by atoms with Crippen LogP contribution < -0.4 is 0 Å². The maximum atomic E-state index is 6.21. The average Bonchev–Trinajstić information content (AvgIpc) is 2.64. The summed E-state index contributed by atoms with van der Waals surface area (Å²) >= 11 is 8.05. The third-order valence-corrected chi connectivity index (χ3v) is 3.59. The van der Waals surface area contributed by atoms with Gasteiger partial charge in [-0.25, -0.2) is 4.98 Å². The van der Waals surface area contributed by atoms with E-state index in [0.717, 1.165) is 23.6 Å². The van der Waals surface area contributed by atoms with Crippen LogP contribution in [0.5, 0.6) is 0 Å². The molecule has 0 fully saturated rings. The number of imidazole rings is 1. The number of fused-ring (bicyclic) bond motifs is 1. The van der Waals surface area contributed by atoms with Crippen LogP contribution in [0.3, 0.4) is 0 Å². The van der Waals surface area contributed by atoms with Crippen LogP contribution in [0.1, 0.15) is 23.7 Å². The maximum Gasteiger partial charge on any atom is 0.127 e. The Balaban J connectivity index is 2.54. The van der Waals surface area contributed by atoms with Gasteiger partial charge in [0.05, 0.1) is 16.4 Å². The van der Waals surface area contributed by atoms with Crippen LogP contribution in [0, 0.1) is 6.92 Å². The second-order valence-electron chi connectivity index (χ2n) is 4.22. The second-order valence-corrected chi connectivity index (χ2v) is 5.86. The smallest absolute Gasteiger partial charge is 0.127 e. The van der Waals surface area contributed by atoms with Crippen LogP contribution in [-0.2, 0) is 6.54 Å². The van der Waals surface area contributed by atoms with Crippen LogP contribution >= 0.6 is 23.4 Å². The summed E-state index contributed by atoms with van der Waals surface area (Å²) in [5, 5.41) is -0.0513. The van der Waals surface area contributed by atoms with E-state index in [0.29, 0.717) is 0 Å². The first-order chi connectivity index (χ1) is 8.13. The molecule has 0 aliphatic heterocycles. The lowest BCUT2D eigenvalue weighted by atomic mass is 10.2. The van der Waals surface area contributed by atoms with Gasteiger partial charge in [-0.05, 0) is 37.8 Å². The van der Waals surface area contributed by atoms with Crippen molar-refractivity contribution in [3.63, 3.8) is 0 Å². The standard InChI is InChI=1S/C13H17ClN2S/c1-9-4-5-12-11(8-9)15-13(10(2)14)16(12)6-7-17-3/h4-5,8,10H,6-7H2,1-3H3. The van der Waals surface area contributed by atoms with Crippen molar-refractivity contribution in [3.05, 3.63) is 29.6 Å². The first-order valence-electron chi connectivity index (χ1n) is 5.73. The molecule has 4 heteroatoms. The van der Waals surface area contributed by atoms with Gasteiger partial charge in [-0.2, -0.15) is 11.8 Å². The molecular formula is C13H17ClN2S. The lowest BCUT2D eigenvalue weighted by molar-refractivity contribution is 0.724. The van der Waals surface area contributed by atoms with Gasteiger partial charge in [0.25, 0.3) is 0 Å². The van der Waals surface area contributed by atoms with Crippen molar-refractivity contribution in [2.45, 2.75) is 25.8 Å². The molecule has 1 atom stereocenters. The van der Waals surface area contributed by atoms with Crippen molar-refractivity contribution < 1.29 is 0 Å². The summed E-state index contributed by atoms with van der Waals surface area (Å²) in [6.07, 6.45) is 2.12. The number of hydrogen-bond donors (Lipinski definition) is 0. The minimum Gasteiger partial charge on any atom is -0.326 e. The molecule has 17 heavy (non-hydrogen) atoms. The lowest BCUT2D eigenvalue weighted by Crippen LogP contribution is -2.06. The average molecular weight is 269 g/mol. The van der Waals surface area contributed by atoms with Gasteiger partial charge < -0.3 is 4.57 Å². The van der Waals surface area contributed by atoms with Crippen LogP contribution in [0.4, 0.5) is 0 Å². The number of benzene rings is 1. The zero-order chi connectivity index (χ0) is 12.4. The molecule has 1 unspecified atom stereocenters. The second kappa shape index (κ2) is 5.32. The van der Waals surface area contributed by atoms with E-state index < -0.39 is 0 Å². The summed E-state index contributed by atoms with van der Waals surface area (Å²) in [7, 11) is 0. The van der Waals surface area contributed by atoms with E-state index in [1.54, 1.807) is 0 Å². The monoisotopic (exact) mass is 268 g/mol. The van der Waals surface area contributed by atoms with E-state index in [1.807, 2.05) is 18.7 Å². The van der Waals surface area contributed by atoms with Crippen molar-refractivity contribution in [1.82, 2.24) is 9.55 Å². The van der Waals surface area contributed by atoms with Gasteiger partial charge in [-0.15, -0.1) is 11.6 Å². The lowest BCUT2D eigenvalue weighted by Gasteiger charge is -2.09. The fourth-order valence-corrected chi connectivity index (χ4v) is 2.51. The summed E-state index contributed by atoms with van der Waals surface area (Å²) in [5.74, 6) is 2.05. The molecule has 0 N–H and O–H groups in total. The SMILES string of the molecule is CSCCn1c(C(C)Cl)nc2cc(C)ccc21. The molecule has 0 saturated heterocycles. The van der Waals surface area contributed by atoms with Crippen LogP contribution in [0.2, 0.25) is 0 Å². The zero-order valence-electron chi connectivity index (χ0n) is 10.4. The molecule has 0 spiro atoms. The number of rotatable bonds is 4. The molecule has 0 amide bonds. The van der Waals surface area contributed by atoms with Gasteiger partial charge >= 0.3 is 0 Å². The maximum absolute atomic E-state index is 6.21. The Kier molecular flexibility index (Phi) is 4.00. The predicted molar refractivity (Wildman–Crippen MR) is 77.1 cm³/mol. The first-order valence-corrected chi connectivity index (χ1v) is 7.56. The minimum atomic E-state index is -0.0513. The van der Waals surface area contributed by atoms with Gasteiger partial charge in [-0.1, -0.05) is 6.07 Å². The molecule has 92 valence electrons. The number of halogens is 1. The third-order valence-electron chi connectivity index (χ3n) is 2.81. The highest BCUT2D eigenvalue weighted by atomic mass is 35.5. The van der Waals surface area contributed by atoms with Crippen LogP contribution in [-0.4, -0.2) is 21.6 Å². The van der Waals surface area contributed by atoms with E-state index in [9.17, 15) is 0 Å². The molecule has 0 aliphatic carbocycles. The van der Waals surface area contributed by atoms with E-state index in [1.165, 1.54) is 11.1 Å². The molecule has 0 aliphatic rings. The normalized spacial score (nSPS) is 13.2. The fraction of sp³-hybridized carbons (Fsp3) is 0.462. The number of hydrogen-bond acceptors (Lipinski definition) is 2. The van der Waals surface area contributed by atoms with E-state index in [4.69, 9.17) is 11.6 Å². The van der Waals surface area contributed by atoms with Gasteiger partial charge in [0.1, 0.15) is 5.82 Å². The van der Waals surface area contributed by atoms with Gasteiger partial charge in [0, 0.05) is 12.3 Å². The van der Waals surface area contributed by atoms with Crippen LogP contribution in [0.15, 0.2) is 18.2 Å². The molecule has 0 bridgehead atoms. The summed E-state index contributed by atoms with van der Waals surface area (Å²) in [5.41, 5.74) is 3.47.